The fourth-order valence-electron chi connectivity index (χ4n) is 7.27. The number of anilines is 1. The van der Waals surface area contributed by atoms with Crippen LogP contribution in [0.25, 0.3) is 6.08 Å². The molecule has 6 heteroatoms. The van der Waals surface area contributed by atoms with Gasteiger partial charge in [0.2, 0.25) is 0 Å². The zero-order chi connectivity index (χ0) is 29.2. The van der Waals surface area contributed by atoms with E-state index in [1.54, 1.807) is 68.8 Å². The van der Waals surface area contributed by atoms with E-state index in [1.165, 1.54) is 0 Å². The SMILES string of the molecule is COc1ccc(OC)c([C@@H]2[C@H](C(=O)c3ccccc3)N3c4cc(C)ccc4C=C[C@@H]3C23C(=O)c2ccccc2C3=O)c1. The van der Waals surface area contributed by atoms with Crippen molar-refractivity contribution in [3.8, 4) is 11.5 Å². The lowest BCUT2D eigenvalue weighted by Gasteiger charge is -2.37. The molecular weight excluding hydrogens is 526 g/mol. The van der Waals surface area contributed by atoms with Gasteiger partial charge in [0.1, 0.15) is 23.0 Å². The number of Topliss-reactive ketones (excluding diaryl/α,β-unsaturated/α-hetero) is 3. The van der Waals surface area contributed by atoms with Crippen molar-refractivity contribution in [2.24, 2.45) is 5.41 Å². The van der Waals surface area contributed by atoms with Crippen LogP contribution in [-0.4, -0.2) is 43.7 Å². The van der Waals surface area contributed by atoms with Crippen LogP contribution in [-0.2, 0) is 0 Å². The minimum Gasteiger partial charge on any atom is -0.497 e. The van der Waals surface area contributed by atoms with Crippen molar-refractivity contribution in [2.45, 2.75) is 24.9 Å². The van der Waals surface area contributed by atoms with Gasteiger partial charge >= 0.3 is 0 Å². The molecule has 1 aliphatic carbocycles. The topological polar surface area (TPSA) is 72.9 Å². The van der Waals surface area contributed by atoms with Crippen LogP contribution in [0.2, 0.25) is 0 Å². The van der Waals surface area contributed by atoms with E-state index in [-0.39, 0.29) is 17.3 Å². The molecule has 0 saturated carbocycles. The molecule has 7 rings (SSSR count). The molecule has 0 unspecified atom stereocenters. The van der Waals surface area contributed by atoms with E-state index < -0.39 is 23.4 Å². The zero-order valence-electron chi connectivity index (χ0n) is 23.5. The lowest BCUT2D eigenvalue weighted by atomic mass is 9.64. The van der Waals surface area contributed by atoms with E-state index >= 15 is 0 Å². The van der Waals surface area contributed by atoms with Gasteiger partial charge in [0, 0.05) is 33.9 Å². The van der Waals surface area contributed by atoms with Crippen molar-refractivity contribution < 1.29 is 23.9 Å². The van der Waals surface area contributed by atoms with Crippen LogP contribution in [0.3, 0.4) is 0 Å². The van der Waals surface area contributed by atoms with Crippen molar-refractivity contribution in [1.29, 1.82) is 0 Å². The highest BCUT2D eigenvalue weighted by molar-refractivity contribution is 6.32. The molecule has 208 valence electrons. The highest BCUT2D eigenvalue weighted by atomic mass is 16.5. The molecule has 0 N–H and O–H groups in total. The summed E-state index contributed by atoms with van der Waals surface area (Å²) in [4.78, 5) is 46.5. The number of nitrogens with zero attached hydrogens (tertiary/aromatic N) is 1. The lowest BCUT2D eigenvalue weighted by molar-refractivity contribution is 0.0664. The molecule has 1 saturated heterocycles. The maximum absolute atomic E-state index is 14.8. The Kier molecular flexibility index (Phi) is 5.91. The predicted octanol–water partition coefficient (Wildman–Crippen LogP) is 6.33. The number of hydrogen-bond donors (Lipinski definition) is 0. The van der Waals surface area contributed by atoms with Crippen LogP contribution in [0.5, 0.6) is 11.5 Å². The molecular formula is C36H29NO5. The van der Waals surface area contributed by atoms with Gasteiger partial charge in [-0.15, -0.1) is 0 Å². The van der Waals surface area contributed by atoms with Crippen molar-refractivity contribution in [3.63, 3.8) is 0 Å². The number of carbonyl (C=O) groups is 3. The quantitative estimate of drug-likeness (QED) is 0.212. The first-order valence-corrected chi connectivity index (χ1v) is 14.0. The van der Waals surface area contributed by atoms with Gasteiger partial charge in [0.05, 0.1) is 20.3 Å². The Morgan fingerprint density at radius 2 is 1.50 bits per heavy atom. The molecule has 4 aromatic rings. The number of ether oxygens (including phenoxy) is 2. The first kappa shape index (κ1) is 26.0. The fourth-order valence-corrected chi connectivity index (χ4v) is 7.27. The summed E-state index contributed by atoms with van der Waals surface area (Å²) in [7, 11) is 3.12. The number of hydrogen-bond acceptors (Lipinski definition) is 6. The van der Waals surface area contributed by atoms with Gasteiger partial charge in [-0.3, -0.25) is 14.4 Å². The highest BCUT2D eigenvalue weighted by Gasteiger charge is 2.72. The molecule has 0 aromatic heterocycles. The second-order valence-corrected chi connectivity index (χ2v) is 11.1. The third kappa shape index (κ3) is 3.41. The maximum Gasteiger partial charge on any atom is 0.185 e. The monoisotopic (exact) mass is 555 g/mol. The van der Waals surface area contributed by atoms with Crippen molar-refractivity contribution in [1.82, 2.24) is 0 Å². The summed E-state index contributed by atoms with van der Waals surface area (Å²) in [6.45, 7) is 2.00. The highest BCUT2D eigenvalue weighted by Crippen LogP contribution is 2.62. The smallest absolute Gasteiger partial charge is 0.185 e. The van der Waals surface area contributed by atoms with Crippen LogP contribution in [0.4, 0.5) is 5.69 Å². The summed E-state index contributed by atoms with van der Waals surface area (Å²) >= 11 is 0. The average molecular weight is 556 g/mol. The number of rotatable bonds is 5. The second kappa shape index (κ2) is 9.55. The molecule has 6 nitrogen and oxygen atoms in total. The van der Waals surface area contributed by atoms with E-state index in [2.05, 4.69) is 0 Å². The summed E-state index contributed by atoms with van der Waals surface area (Å²) in [6.07, 6.45) is 3.90. The Morgan fingerprint density at radius 1 is 0.810 bits per heavy atom. The number of fused-ring (bicyclic) bond motifs is 5. The molecule has 2 heterocycles. The van der Waals surface area contributed by atoms with Crippen LogP contribution in [0.15, 0.2) is 97.1 Å². The summed E-state index contributed by atoms with van der Waals surface area (Å²) in [5.74, 6) is -0.598. The molecule has 4 aromatic carbocycles. The number of aryl methyl sites for hydroxylation is 1. The van der Waals surface area contributed by atoms with E-state index in [4.69, 9.17) is 9.47 Å². The van der Waals surface area contributed by atoms with Crippen LogP contribution in [0.1, 0.15) is 53.7 Å². The summed E-state index contributed by atoms with van der Waals surface area (Å²) in [6, 6.07) is 25.9. The van der Waals surface area contributed by atoms with Crippen LogP contribution >= 0.6 is 0 Å². The first-order chi connectivity index (χ1) is 20.4. The minimum atomic E-state index is -1.61. The van der Waals surface area contributed by atoms with E-state index in [9.17, 15) is 14.4 Å². The first-order valence-electron chi connectivity index (χ1n) is 14.0. The Hall–Kier alpha value is -4.97. The van der Waals surface area contributed by atoms with Crippen LogP contribution < -0.4 is 14.4 Å². The van der Waals surface area contributed by atoms with Gasteiger partial charge < -0.3 is 14.4 Å². The van der Waals surface area contributed by atoms with E-state index in [1.807, 2.05) is 60.4 Å². The van der Waals surface area contributed by atoms with Crippen molar-refractivity contribution in [3.05, 3.63) is 130 Å². The average Bonchev–Trinajstić information content (AvgIpc) is 3.46. The fraction of sp³-hybridized carbons (Fsp3) is 0.194. The van der Waals surface area contributed by atoms with Gasteiger partial charge in [-0.1, -0.05) is 78.9 Å². The normalized spacial score (nSPS) is 21.2. The van der Waals surface area contributed by atoms with Gasteiger partial charge in [0.15, 0.2) is 17.3 Å². The van der Waals surface area contributed by atoms with Gasteiger partial charge in [0.25, 0.3) is 0 Å². The predicted molar refractivity (Wildman–Crippen MR) is 161 cm³/mol. The molecule has 3 atom stereocenters. The molecule has 3 aliphatic rings. The van der Waals surface area contributed by atoms with E-state index in [0.29, 0.717) is 33.8 Å². The standard InChI is InChI=1S/C36H29NO5/c1-21-13-14-22-15-18-30-36(34(39)25-11-7-8-12-26(25)35(36)40)31(27-20-24(41-2)16-17-29(27)42-3)32(37(30)28(22)19-21)33(38)23-9-5-4-6-10-23/h4-20,30-32H,1-3H3/t30-,31-,32-/m1/s1. The van der Waals surface area contributed by atoms with Gasteiger partial charge in [-0.05, 0) is 42.3 Å². The third-order valence-electron chi connectivity index (χ3n) is 9.06. The number of benzene rings is 4. The number of carbonyl (C=O) groups excluding carboxylic acids is 3. The largest absolute Gasteiger partial charge is 0.497 e. The third-order valence-corrected chi connectivity index (χ3v) is 9.06. The van der Waals surface area contributed by atoms with Gasteiger partial charge in [-0.25, -0.2) is 0 Å². The maximum atomic E-state index is 14.8. The van der Waals surface area contributed by atoms with Gasteiger partial charge in [-0.2, -0.15) is 0 Å². The Morgan fingerprint density at radius 3 is 2.17 bits per heavy atom. The summed E-state index contributed by atoms with van der Waals surface area (Å²) < 4.78 is 11.5. The zero-order valence-corrected chi connectivity index (χ0v) is 23.5. The van der Waals surface area contributed by atoms with Crippen molar-refractivity contribution >= 4 is 29.1 Å². The molecule has 0 amide bonds. The number of ketones is 3. The molecule has 42 heavy (non-hydrogen) atoms. The Labute approximate surface area is 244 Å². The number of methoxy groups -OCH3 is 2. The van der Waals surface area contributed by atoms with Crippen molar-refractivity contribution in [2.75, 3.05) is 19.1 Å². The summed E-state index contributed by atoms with van der Waals surface area (Å²) in [5.41, 5.74) is 2.98. The Bertz CT molecular complexity index is 1770. The summed E-state index contributed by atoms with van der Waals surface area (Å²) in [5, 5.41) is 0. The minimum absolute atomic E-state index is 0.174. The van der Waals surface area contributed by atoms with Crippen LogP contribution in [0, 0.1) is 12.3 Å². The molecule has 0 radical (unpaired) electrons. The van der Waals surface area contributed by atoms with E-state index in [0.717, 1.165) is 16.8 Å². The lowest BCUT2D eigenvalue weighted by Crippen LogP contribution is -2.48. The second-order valence-electron chi connectivity index (χ2n) is 11.1. The molecule has 0 bridgehead atoms. The Balaban J connectivity index is 1.59. The molecule has 1 fully saturated rings. The molecule has 1 spiro atoms. The molecule has 2 aliphatic heterocycles.